The van der Waals surface area contributed by atoms with Gasteiger partial charge in [0.1, 0.15) is 24.8 Å². The molecule has 0 saturated carbocycles. The molecule has 2 N–H and O–H groups in total. The number of rotatable bonds is 2. The van der Waals surface area contributed by atoms with E-state index >= 15 is 0 Å². The van der Waals surface area contributed by atoms with Gasteiger partial charge in [0.05, 0.1) is 15.2 Å². The van der Waals surface area contributed by atoms with E-state index in [9.17, 15) is 4.39 Å². The Labute approximate surface area is 133 Å². The fraction of sp³-hybridized carbons (Fsp3) is 0.143. The lowest BCUT2D eigenvalue weighted by Crippen LogP contribution is -2.15. The standard InChI is InChI=1S/C14H10BrClFNO3/c15-7-3-8(16)9(17)4-11(7)21-12-6-14-13(5-10(12)18)19-1-2-20-14/h3-6H,1-2,18H2. The van der Waals surface area contributed by atoms with Gasteiger partial charge in [-0.25, -0.2) is 4.39 Å². The molecule has 0 bridgehead atoms. The zero-order chi connectivity index (χ0) is 15.0. The van der Waals surface area contributed by atoms with Gasteiger partial charge in [-0.2, -0.15) is 0 Å². The monoisotopic (exact) mass is 373 g/mol. The number of nitrogen functional groups attached to an aromatic ring is 1. The fourth-order valence-corrected chi connectivity index (χ4v) is 2.60. The molecule has 0 atom stereocenters. The average Bonchev–Trinajstić information content (AvgIpc) is 2.45. The van der Waals surface area contributed by atoms with Crippen molar-refractivity contribution in [3.05, 3.63) is 39.6 Å². The first-order valence-corrected chi connectivity index (χ1v) is 7.23. The van der Waals surface area contributed by atoms with Crippen molar-refractivity contribution >= 4 is 33.2 Å². The highest BCUT2D eigenvalue weighted by molar-refractivity contribution is 9.10. The molecule has 0 unspecified atom stereocenters. The molecule has 3 rings (SSSR count). The summed E-state index contributed by atoms with van der Waals surface area (Å²) in [6.07, 6.45) is 0. The zero-order valence-electron chi connectivity index (χ0n) is 10.7. The van der Waals surface area contributed by atoms with E-state index in [-0.39, 0.29) is 10.8 Å². The topological polar surface area (TPSA) is 53.7 Å². The summed E-state index contributed by atoms with van der Waals surface area (Å²) in [5.74, 6) is 1.14. The Kier molecular flexibility index (Phi) is 3.82. The molecule has 1 aliphatic heterocycles. The van der Waals surface area contributed by atoms with Crippen molar-refractivity contribution in [2.45, 2.75) is 0 Å². The first kappa shape index (κ1) is 14.3. The van der Waals surface area contributed by atoms with Crippen LogP contribution in [0.5, 0.6) is 23.0 Å². The van der Waals surface area contributed by atoms with Crippen molar-refractivity contribution in [2.24, 2.45) is 0 Å². The van der Waals surface area contributed by atoms with E-state index in [2.05, 4.69) is 15.9 Å². The highest BCUT2D eigenvalue weighted by Crippen LogP contribution is 2.41. The summed E-state index contributed by atoms with van der Waals surface area (Å²) in [4.78, 5) is 0. The molecule has 1 aliphatic rings. The van der Waals surface area contributed by atoms with Crippen LogP contribution < -0.4 is 19.9 Å². The van der Waals surface area contributed by atoms with Crippen molar-refractivity contribution in [2.75, 3.05) is 18.9 Å². The summed E-state index contributed by atoms with van der Waals surface area (Å²) >= 11 is 8.96. The molecule has 0 saturated heterocycles. The van der Waals surface area contributed by atoms with E-state index in [1.54, 1.807) is 12.1 Å². The second-order valence-electron chi connectivity index (χ2n) is 4.33. The predicted molar refractivity (Wildman–Crippen MR) is 81.0 cm³/mol. The Balaban J connectivity index is 1.96. The molecule has 2 aromatic rings. The molecule has 0 amide bonds. The van der Waals surface area contributed by atoms with Crippen LogP contribution in [0.15, 0.2) is 28.7 Å². The highest BCUT2D eigenvalue weighted by Gasteiger charge is 2.17. The lowest BCUT2D eigenvalue weighted by atomic mass is 10.2. The van der Waals surface area contributed by atoms with E-state index in [4.69, 9.17) is 31.5 Å². The van der Waals surface area contributed by atoms with Crippen LogP contribution in [0.3, 0.4) is 0 Å². The summed E-state index contributed by atoms with van der Waals surface area (Å²) in [6, 6.07) is 5.83. The summed E-state index contributed by atoms with van der Waals surface area (Å²) in [5.41, 5.74) is 6.28. The lowest BCUT2D eigenvalue weighted by Gasteiger charge is -2.20. The van der Waals surface area contributed by atoms with E-state index in [1.165, 1.54) is 12.1 Å². The van der Waals surface area contributed by atoms with Crippen LogP contribution in [0.2, 0.25) is 5.02 Å². The van der Waals surface area contributed by atoms with Crippen LogP contribution in [-0.4, -0.2) is 13.2 Å². The van der Waals surface area contributed by atoms with E-state index in [0.717, 1.165) is 0 Å². The maximum absolute atomic E-state index is 13.5. The maximum Gasteiger partial charge on any atom is 0.165 e. The molecular formula is C14H10BrClFNO3. The molecule has 110 valence electrons. The number of hydrogen-bond acceptors (Lipinski definition) is 4. The second-order valence-corrected chi connectivity index (χ2v) is 5.59. The Morgan fingerprint density at radius 2 is 1.76 bits per heavy atom. The number of fused-ring (bicyclic) bond motifs is 1. The van der Waals surface area contributed by atoms with Crippen LogP contribution in [0, 0.1) is 5.82 Å². The van der Waals surface area contributed by atoms with Crippen LogP contribution in [0.4, 0.5) is 10.1 Å². The van der Waals surface area contributed by atoms with Gasteiger partial charge in [0, 0.05) is 18.2 Å². The predicted octanol–water partition coefficient (Wildman–Crippen LogP) is 4.39. The average molecular weight is 375 g/mol. The molecular weight excluding hydrogens is 365 g/mol. The Morgan fingerprint density at radius 3 is 2.48 bits per heavy atom. The number of anilines is 1. The van der Waals surface area contributed by atoms with Gasteiger partial charge in [0.25, 0.3) is 0 Å². The van der Waals surface area contributed by atoms with Crippen molar-refractivity contribution in [1.82, 2.24) is 0 Å². The molecule has 0 spiro atoms. The number of hydrogen-bond donors (Lipinski definition) is 1. The summed E-state index contributed by atoms with van der Waals surface area (Å²) in [5, 5.41) is 0.00405. The van der Waals surface area contributed by atoms with Crippen molar-refractivity contribution < 1.29 is 18.6 Å². The van der Waals surface area contributed by atoms with Gasteiger partial charge in [-0.15, -0.1) is 0 Å². The number of benzene rings is 2. The number of ether oxygens (including phenoxy) is 3. The van der Waals surface area contributed by atoms with Crippen LogP contribution in [-0.2, 0) is 0 Å². The van der Waals surface area contributed by atoms with Gasteiger partial charge in [0.2, 0.25) is 0 Å². The molecule has 0 radical (unpaired) electrons. The molecule has 2 aromatic carbocycles. The van der Waals surface area contributed by atoms with E-state index in [0.29, 0.717) is 40.6 Å². The van der Waals surface area contributed by atoms with Gasteiger partial charge >= 0.3 is 0 Å². The second kappa shape index (κ2) is 5.61. The normalized spacial score (nSPS) is 13.1. The van der Waals surface area contributed by atoms with Gasteiger partial charge in [-0.3, -0.25) is 0 Å². The smallest absolute Gasteiger partial charge is 0.165 e. The molecule has 1 heterocycles. The van der Waals surface area contributed by atoms with E-state index < -0.39 is 5.82 Å². The van der Waals surface area contributed by atoms with Crippen LogP contribution in [0.1, 0.15) is 0 Å². The summed E-state index contributed by atoms with van der Waals surface area (Å²) in [7, 11) is 0. The minimum absolute atomic E-state index is 0.00405. The third-order valence-electron chi connectivity index (χ3n) is 2.87. The number of halogens is 3. The Hall–Kier alpha value is -1.66. The van der Waals surface area contributed by atoms with Gasteiger partial charge in [0.15, 0.2) is 17.2 Å². The van der Waals surface area contributed by atoms with Crippen molar-refractivity contribution in [3.8, 4) is 23.0 Å². The summed E-state index contributed by atoms with van der Waals surface area (Å²) in [6.45, 7) is 0.927. The van der Waals surface area contributed by atoms with Gasteiger partial charge in [-0.1, -0.05) is 11.6 Å². The van der Waals surface area contributed by atoms with Gasteiger partial charge in [-0.05, 0) is 22.0 Å². The van der Waals surface area contributed by atoms with Crippen LogP contribution >= 0.6 is 27.5 Å². The molecule has 4 nitrogen and oxygen atoms in total. The first-order chi connectivity index (χ1) is 10.0. The van der Waals surface area contributed by atoms with E-state index in [1.807, 2.05) is 0 Å². The first-order valence-electron chi connectivity index (χ1n) is 6.06. The highest BCUT2D eigenvalue weighted by atomic mass is 79.9. The molecule has 0 aromatic heterocycles. The number of nitrogens with two attached hydrogens (primary N) is 1. The zero-order valence-corrected chi connectivity index (χ0v) is 13.0. The maximum atomic E-state index is 13.5. The third kappa shape index (κ3) is 2.87. The molecule has 21 heavy (non-hydrogen) atoms. The SMILES string of the molecule is Nc1cc2c(cc1Oc1cc(F)c(Cl)cc1Br)OCCO2. The molecule has 0 fully saturated rings. The van der Waals surface area contributed by atoms with Crippen molar-refractivity contribution in [3.63, 3.8) is 0 Å². The third-order valence-corrected chi connectivity index (χ3v) is 3.78. The Bertz CT molecular complexity index is 711. The minimum Gasteiger partial charge on any atom is -0.486 e. The Morgan fingerprint density at radius 1 is 1.10 bits per heavy atom. The van der Waals surface area contributed by atoms with Gasteiger partial charge < -0.3 is 19.9 Å². The van der Waals surface area contributed by atoms with Crippen LogP contribution in [0.25, 0.3) is 0 Å². The fourth-order valence-electron chi connectivity index (χ4n) is 1.88. The minimum atomic E-state index is -0.578. The molecule has 7 heteroatoms. The summed E-state index contributed by atoms with van der Waals surface area (Å²) < 4.78 is 30.6. The molecule has 0 aliphatic carbocycles. The van der Waals surface area contributed by atoms with Crippen molar-refractivity contribution in [1.29, 1.82) is 0 Å². The largest absolute Gasteiger partial charge is 0.486 e. The quantitative estimate of drug-likeness (QED) is 0.626. The lowest BCUT2D eigenvalue weighted by molar-refractivity contribution is 0.171.